The van der Waals surface area contributed by atoms with Gasteiger partial charge in [-0.25, -0.2) is 4.68 Å². The minimum absolute atomic E-state index is 0.0299. The van der Waals surface area contributed by atoms with E-state index in [0.29, 0.717) is 17.2 Å². The van der Waals surface area contributed by atoms with Crippen LogP contribution in [0.5, 0.6) is 11.6 Å². The van der Waals surface area contributed by atoms with Gasteiger partial charge < -0.3 is 10.5 Å². The predicted molar refractivity (Wildman–Crippen MR) is 81.7 cm³/mol. The second-order valence-corrected chi connectivity index (χ2v) is 5.62. The summed E-state index contributed by atoms with van der Waals surface area (Å²) >= 11 is 5.79. The fraction of sp³-hybridized carbons (Fsp3) is 0.400. The Morgan fingerprint density at radius 1 is 1.30 bits per heavy atom. The van der Waals surface area contributed by atoms with Gasteiger partial charge in [-0.3, -0.25) is 0 Å². The number of alkyl halides is 3. The average Bonchev–Trinajstić information content (AvgIpc) is 2.78. The molecule has 1 heterocycles. The van der Waals surface area contributed by atoms with Gasteiger partial charge in [-0.05, 0) is 37.1 Å². The Bertz CT molecular complexity index is 668. The lowest BCUT2D eigenvalue weighted by Crippen LogP contribution is -2.23. The number of aryl methyl sites for hydroxylation is 1. The third-order valence-corrected chi connectivity index (χ3v) is 3.63. The highest BCUT2D eigenvalue weighted by Gasteiger charge is 2.39. The second kappa shape index (κ2) is 6.80. The zero-order chi connectivity index (χ0) is 17.2. The predicted octanol–water partition coefficient (Wildman–Crippen LogP) is 4.16. The molecule has 1 aromatic heterocycles. The lowest BCUT2D eigenvalue weighted by molar-refractivity contribution is -0.142. The van der Waals surface area contributed by atoms with Gasteiger partial charge in [-0.15, -0.1) is 0 Å². The van der Waals surface area contributed by atoms with E-state index in [2.05, 4.69) is 5.10 Å². The van der Waals surface area contributed by atoms with E-state index in [4.69, 9.17) is 22.1 Å². The molecule has 4 nitrogen and oxygen atoms in total. The van der Waals surface area contributed by atoms with E-state index >= 15 is 0 Å². The summed E-state index contributed by atoms with van der Waals surface area (Å²) in [6, 6.07) is 5.93. The second-order valence-electron chi connectivity index (χ2n) is 5.18. The minimum atomic E-state index is -4.57. The molecule has 2 N–H and O–H groups in total. The summed E-state index contributed by atoms with van der Waals surface area (Å²) in [4.78, 5) is 0. The Morgan fingerprint density at radius 3 is 2.43 bits per heavy atom. The Kier molecular flexibility index (Phi) is 5.21. The molecule has 0 spiro atoms. The molecule has 0 aliphatic heterocycles. The molecular weight excluding hydrogens is 331 g/mol. The number of halogens is 4. The number of rotatable bonds is 5. The van der Waals surface area contributed by atoms with Crippen LogP contribution in [-0.4, -0.2) is 15.8 Å². The lowest BCUT2D eigenvalue weighted by atomic mass is 10.0. The number of nitrogens with zero attached hydrogens (tertiary/aromatic N) is 2. The first-order chi connectivity index (χ1) is 10.7. The van der Waals surface area contributed by atoms with Crippen LogP contribution in [0.3, 0.4) is 0 Å². The van der Waals surface area contributed by atoms with Crippen LogP contribution in [0.15, 0.2) is 24.3 Å². The van der Waals surface area contributed by atoms with Crippen molar-refractivity contribution in [1.82, 2.24) is 9.78 Å². The molecule has 1 unspecified atom stereocenters. The first kappa shape index (κ1) is 17.6. The van der Waals surface area contributed by atoms with Crippen LogP contribution in [0.4, 0.5) is 13.2 Å². The summed E-state index contributed by atoms with van der Waals surface area (Å²) in [7, 11) is 1.40. The number of hydrogen-bond acceptors (Lipinski definition) is 3. The van der Waals surface area contributed by atoms with E-state index in [-0.39, 0.29) is 17.9 Å². The molecule has 2 rings (SSSR count). The summed E-state index contributed by atoms with van der Waals surface area (Å²) in [5, 5.41) is 4.07. The maximum atomic E-state index is 13.2. The van der Waals surface area contributed by atoms with Crippen LogP contribution in [0.25, 0.3) is 0 Å². The Morgan fingerprint density at radius 2 is 1.91 bits per heavy atom. The molecule has 0 radical (unpaired) electrons. The van der Waals surface area contributed by atoms with Gasteiger partial charge in [0.1, 0.15) is 5.75 Å². The van der Waals surface area contributed by atoms with Crippen LogP contribution < -0.4 is 10.5 Å². The van der Waals surface area contributed by atoms with Crippen molar-refractivity contribution in [2.45, 2.75) is 32.0 Å². The third kappa shape index (κ3) is 4.17. The van der Waals surface area contributed by atoms with E-state index < -0.39 is 17.9 Å². The first-order valence-corrected chi connectivity index (χ1v) is 7.42. The topological polar surface area (TPSA) is 53.1 Å². The van der Waals surface area contributed by atoms with E-state index in [1.165, 1.54) is 7.05 Å². The lowest BCUT2D eigenvalue weighted by Gasteiger charge is -2.13. The summed E-state index contributed by atoms with van der Waals surface area (Å²) in [6.45, 7) is 1.81. The Balaban J connectivity index is 2.44. The maximum Gasteiger partial charge on any atom is 0.435 e. The van der Waals surface area contributed by atoms with Crippen LogP contribution in [0.2, 0.25) is 5.02 Å². The molecule has 0 aliphatic rings. The summed E-state index contributed by atoms with van der Waals surface area (Å²) in [5.74, 6) is 0.404. The van der Waals surface area contributed by atoms with Crippen LogP contribution in [0.1, 0.15) is 24.6 Å². The molecule has 126 valence electrons. The Labute approximate surface area is 137 Å². The smallest absolute Gasteiger partial charge is 0.435 e. The molecular formula is C15H17ClF3N3O. The van der Waals surface area contributed by atoms with Crippen LogP contribution >= 0.6 is 11.6 Å². The normalized spacial score (nSPS) is 13.2. The monoisotopic (exact) mass is 347 g/mol. The van der Waals surface area contributed by atoms with E-state index in [1.807, 2.05) is 6.92 Å². The third-order valence-electron chi connectivity index (χ3n) is 3.38. The van der Waals surface area contributed by atoms with Gasteiger partial charge in [0.05, 0.1) is 0 Å². The van der Waals surface area contributed by atoms with Crippen molar-refractivity contribution in [1.29, 1.82) is 0 Å². The molecule has 8 heteroatoms. The standard InChI is InChI=1S/C15H17ClF3N3O/c1-3-10(20)8-12-13(15(17,18)19)21-22(2)14(12)23-11-6-4-9(16)5-7-11/h4-7,10H,3,8,20H2,1-2H3. The molecule has 0 aliphatic carbocycles. The SMILES string of the molecule is CCC(N)Cc1c(C(F)(F)F)nn(C)c1Oc1ccc(Cl)cc1. The van der Waals surface area contributed by atoms with Crippen LogP contribution in [-0.2, 0) is 19.6 Å². The van der Waals surface area contributed by atoms with Gasteiger partial charge >= 0.3 is 6.18 Å². The van der Waals surface area contributed by atoms with Crippen molar-refractivity contribution in [2.75, 3.05) is 0 Å². The van der Waals surface area contributed by atoms with Crippen molar-refractivity contribution in [3.05, 3.63) is 40.5 Å². The molecule has 23 heavy (non-hydrogen) atoms. The summed E-state index contributed by atoms with van der Waals surface area (Å²) in [6.07, 6.45) is -3.99. The number of aromatic nitrogens is 2. The molecule has 1 aromatic carbocycles. The van der Waals surface area contributed by atoms with Crippen molar-refractivity contribution in [2.24, 2.45) is 12.8 Å². The minimum Gasteiger partial charge on any atom is -0.439 e. The van der Waals surface area contributed by atoms with Gasteiger partial charge in [0.2, 0.25) is 5.88 Å². The van der Waals surface area contributed by atoms with E-state index in [1.54, 1.807) is 24.3 Å². The van der Waals surface area contributed by atoms with E-state index in [9.17, 15) is 13.2 Å². The highest BCUT2D eigenvalue weighted by Crippen LogP contribution is 2.37. The fourth-order valence-corrected chi connectivity index (χ4v) is 2.24. The van der Waals surface area contributed by atoms with Crippen molar-refractivity contribution in [3.63, 3.8) is 0 Å². The van der Waals surface area contributed by atoms with Gasteiger partial charge in [0.25, 0.3) is 0 Å². The fourth-order valence-electron chi connectivity index (χ4n) is 2.11. The quantitative estimate of drug-likeness (QED) is 0.883. The highest BCUT2D eigenvalue weighted by molar-refractivity contribution is 6.30. The zero-order valence-electron chi connectivity index (χ0n) is 12.7. The van der Waals surface area contributed by atoms with Crippen molar-refractivity contribution < 1.29 is 17.9 Å². The average molecular weight is 348 g/mol. The molecule has 0 amide bonds. The highest BCUT2D eigenvalue weighted by atomic mass is 35.5. The molecule has 2 aromatic rings. The summed E-state index contributed by atoms with van der Waals surface area (Å²) < 4.78 is 46.3. The maximum absolute atomic E-state index is 13.2. The van der Waals surface area contributed by atoms with E-state index in [0.717, 1.165) is 4.68 Å². The van der Waals surface area contributed by atoms with Gasteiger partial charge in [-0.1, -0.05) is 18.5 Å². The summed E-state index contributed by atoms with van der Waals surface area (Å²) in [5.41, 5.74) is 4.83. The first-order valence-electron chi connectivity index (χ1n) is 7.04. The molecule has 0 saturated heterocycles. The molecule has 1 atom stereocenters. The molecule has 0 fully saturated rings. The number of ether oxygens (including phenoxy) is 1. The van der Waals surface area contributed by atoms with Crippen molar-refractivity contribution >= 4 is 11.6 Å². The largest absolute Gasteiger partial charge is 0.439 e. The van der Waals surface area contributed by atoms with Crippen LogP contribution in [0, 0.1) is 0 Å². The molecule has 0 bridgehead atoms. The van der Waals surface area contributed by atoms with Crippen molar-refractivity contribution in [3.8, 4) is 11.6 Å². The number of nitrogens with two attached hydrogens (primary N) is 1. The zero-order valence-corrected chi connectivity index (χ0v) is 13.4. The van der Waals surface area contributed by atoms with Gasteiger partial charge in [-0.2, -0.15) is 18.3 Å². The Hall–Kier alpha value is -1.73. The van der Waals surface area contributed by atoms with Gasteiger partial charge in [0, 0.05) is 23.7 Å². The number of benzene rings is 1. The van der Waals surface area contributed by atoms with Gasteiger partial charge in [0.15, 0.2) is 5.69 Å². The number of hydrogen-bond donors (Lipinski definition) is 1. The molecule has 0 saturated carbocycles.